The number of aryl methyl sites for hydroxylation is 1. The molecule has 8 atom stereocenters. The highest BCUT2D eigenvalue weighted by Crippen LogP contribution is 2.74. The monoisotopic (exact) mass is 580 g/mol. The van der Waals surface area contributed by atoms with Crippen molar-refractivity contribution in [1.29, 1.82) is 0 Å². The minimum atomic E-state index is -1.25. The summed E-state index contributed by atoms with van der Waals surface area (Å²) in [5, 5.41) is 23.9. The number of likely N-dealkylation sites (N-methyl/N-ethyl adjacent to an activating group) is 1. The Kier molecular flexibility index (Phi) is 6.02. The molecule has 3 N–H and O–H groups in total. The van der Waals surface area contributed by atoms with Crippen molar-refractivity contribution in [3.63, 3.8) is 0 Å². The second-order valence-corrected chi connectivity index (χ2v) is 14.3. The number of fused-ring (bicyclic) bond motifs is 1. The van der Waals surface area contributed by atoms with E-state index in [0.717, 1.165) is 30.5 Å². The van der Waals surface area contributed by atoms with E-state index in [1.54, 1.807) is 13.8 Å². The zero-order valence-corrected chi connectivity index (χ0v) is 25.6. The summed E-state index contributed by atoms with van der Waals surface area (Å²) in [6.45, 7) is 11.0. The van der Waals surface area contributed by atoms with Crippen molar-refractivity contribution in [2.45, 2.75) is 102 Å². The van der Waals surface area contributed by atoms with Crippen molar-refractivity contribution in [3.8, 4) is 0 Å². The standard InChI is InChI=1S/C33H44N2O7/c1-18-26(19(2)34-27(18)20(3)36)28(38)41-21(4)23-9-10-32-24-8-7-22-15-31(39)12-11-29(22,5)33(24,42-31)25(37)16-30(23,32)17-35(6)13-14-40-32/h8-9,21-22,25,34,37,39H,7,10-17H2,1-6H3/t21?,22-,25?,29+,30+,31-,32+,33?/m1/s1. The van der Waals surface area contributed by atoms with Gasteiger partial charge in [-0.1, -0.05) is 19.1 Å². The number of carbonyl (C=O) groups excluding carboxylic acids is 2. The van der Waals surface area contributed by atoms with Crippen molar-refractivity contribution < 1.29 is 34.0 Å². The number of Topliss-reactive ketones (excluding diaryl/α,β-unsaturated/α-hetero) is 1. The first kappa shape index (κ1) is 28.5. The van der Waals surface area contributed by atoms with Gasteiger partial charge in [0, 0.05) is 49.4 Å². The number of ketones is 1. The molecule has 1 aromatic heterocycles. The van der Waals surface area contributed by atoms with Gasteiger partial charge < -0.3 is 34.3 Å². The Labute approximate surface area is 247 Å². The molecule has 0 radical (unpaired) electrons. The van der Waals surface area contributed by atoms with Crippen LogP contribution in [0.2, 0.25) is 0 Å². The Bertz CT molecular complexity index is 1450. The van der Waals surface area contributed by atoms with Gasteiger partial charge in [-0.05, 0) is 76.1 Å². The third-order valence-corrected chi connectivity index (χ3v) is 12.2. The van der Waals surface area contributed by atoms with Gasteiger partial charge in [-0.15, -0.1) is 0 Å². The number of aliphatic hydroxyl groups excluding tert-OH is 1. The largest absolute Gasteiger partial charge is 0.454 e. The third-order valence-electron chi connectivity index (χ3n) is 12.2. The van der Waals surface area contributed by atoms with Crippen LogP contribution in [0.3, 0.4) is 0 Å². The molecule has 4 heterocycles. The number of aromatic amines is 1. The van der Waals surface area contributed by atoms with Crippen LogP contribution in [-0.4, -0.2) is 87.8 Å². The zero-order chi connectivity index (χ0) is 30.0. The molecule has 4 aliphatic carbocycles. The molecule has 4 bridgehead atoms. The average Bonchev–Trinajstić information content (AvgIpc) is 3.32. The summed E-state index contributed by atoms with van der Waals surface area (Å²) in [4.78, 5) is 31.0. The summed E-state index contributed by atoms with van der Waals surface area (Å²) in [5.74, 6) is -1.63. The lowest BCUT2D eigenvalue weighted by atomic mass is 9.41. The molecule has 3 unspecified atom stereocenters. The van der Waals surface area contributed by atoms with Crippen molar-refractivity contribution in [2.24, 2.45) is 16.7 Å². The summed E-state index contributed by atoms with van der Waals surface area (Å²) < 4.78 is 19.9. The van der Waals surface area contributed by atoms with Crippen LogP contribution in [-0.2, 0) is 14.2 Å². The van der Waals surface area contributed by atoms with Crippen LogP contribution >= 0.6 is 0 Å². The van der Waals surface area contributed by atoms with Gasteiger partial charge in [0.15, 0.2) is 11.6 Å². The molecule has 9 nitrogen and oxygen atoms in total. The van der Waals surface area contributed by atoms with Crippen molar-refractivity contribution >= 4 is 11.8 Å². The molecule has 7 aliphatic rings. The fourth-order valence-corrected chi connectivity index (χ4v) is 10.3. The Balaban J connectivity index is 1.30. The van der Waals surface area contributed by atoms with E-state index in [0.29, 0.717) is 61.3 Å². The van der Waals surface area contributed by atoms with Gasteiger partial charge >= 0.3 is 5.97 Å². The minimum absolute atomic E-state index is 0.131. The molecule has 8 rings (SSSR count). The SMILES string of the molecule is CC(=O)c1[nH]c(C)c(C(=O)OC(C)C2=CC[C@@]34OCCN(C)C[C@@]23CC(O)C23O[C@]5(O)CC[C@@]2(C)[C@H](CC=C34)C5)c1C. The number of nitrogens with zero attached hydrogens (tertiary/aromatic N) is 1. The number of esters is 1. The molecule has 0 aromatic carbocycles. The molecule has 2 saturated carbocycles. The van der Waals surface area contributed by atoms with Gasteiger partial charge in [0.25, 0.3) is 0 Å². The highest BCUT2D eigenvalue weighted by molar-refractivity contribution is 6.00. The molecule has 9 heteroatoms. The van der Waals surface area contributed by atoms with Gasteiger partial charge in [0.2, 0.25) is 0 Å². The second-order valence-electron chi connectivity index (χ2n) is 14.3. The van der Waals surface area contributed by atoms with E-state index in [1.165, 1.54) is 6.92 Å². The Morgan fingerprint density at radius 3 is 2.69 bits per heavy atom. The van der Waals surface area contributed by atoms with E-state index < -0.39 is 40.6 Å². The molecule has 5 fully saturated rings. The number of rotatable bonds is 4. The molecule has 3 saturated heterocycles. The number of allylic oxidation sites excluding steroid dienone is 1. The van der Waals surface area contributed by atoms with Gasteiger partial charge in [0.05, 0.1) is 24.0 Å². The van der Waals surface area contributed by atoms with Crippen LogP contribution < -0.4 is 0 Å². The Morgan fingerprint density at radius 2 is 1.98 bits per heavy atom. The second kappa shape index (κ2) is 8.88. The molecular weight excluding hydrogens is 536 g/mol. The highest BCUT2D eigenvalue weighted by Gasteiger charge is 2.79. The first-order chi connectivity index (χ1) is 19.7. The topological polar surface area (TPSA) is 121 Å². The summed E-state index contributed by atoms with van der Waals surface area (Å²) >= 11 is 0. The van der Waals surface area contributed by atoms with E-state index in [9.17, 15) is 19.8 Å². The average molecular weight is 581 g/mol. The maximum atomic E-state index is 13.6. The van der Waals surface area contributed by atoms with Gasteiger partial charge in [-0.25, -0.2) is 4.79 Å². The molecule has 228 valence electrons. The van der Waals surface area contributed by atoms with Crippen LogP contribution in [0.5, 0.6) is 0 Å². The number of hydrogen-bond acceptors (Lipinski definition) is 8. The number of nitrogens with one attached hydrogen (secondary N) is 1. The van der Waals surface area contributed by atoms with E-state index in [2.05, 4.69) is 36.0 Å². The van der Waals surface area contributed by atoms with Crippen molar-refractivity contribution in [1.82, 2.24) is 9.88 Å². The van der Waals surface area contributed by atoms with Gasteiger partial charge in [-0.2, -0.15) is 0 Å². The number of carbonyl (C=O) groups is 2. The first-order valence-electron chi connectivity index (χ1n) is 15.5. The predicted octanol–water partition coefficient (Wildman–Crippen LogP) is 3.76. The number of ether oxygens (including phenoxy) is 3. The lowest BCUT2D eigenvalue weighted by Crippen LogP contribution is -2.79. The Morgan fingerprint density at radius 1 is 1.21 bits per heavy atom. The number of H-pyrrole nitrogens is 1. The van der Waals surface area contributed by atoms with Crippen molar-refractivity contribution in [3.05, 3.63) is 45.8 Å². The van der Waals surface area contributed by atoms with E-state index in [4.69, 9.17) is 14.2 Å². The van der Waals surface area contributed by atoms with Crippen LogP contribution in [0.15, 0.2) is 23.3 Å². The van der Waals surface area contributed by atoms with E-state index in [1.807, 2.05) is 6.92 Å². The number of hydrogen-bond donors (Lipinski definition) is 3. The maximum Gasteiger partial charge on any atom is 0.340 e. The zero-order valence-electron chi connectivity index (χ0n) is 25.6. The number of aliphatic hydroxyl groups is 2. The number of aromatic nitrogens is 1. The molecule has 1 aromatic rings. The molecule has 0 amide bonds. The molecule has 42 heavy (non-hydrogen) atoms. The maximum absolute atomic E-state index is 13.6. The molecule has 1 spiro atoms. The quantitative estimate of drug-likeness (QED) is 0.280. The lowest BCUT2D eigenvalue weighted by Gasteiger charge is -2.73. The lowest BCUT2D eigenvalue weighted by molar-refractivity contribution is -0.401. The van der Waals surface area contributed by atoms with Gasteiger partial charge in [-0.3, -0.25) is 4.79 Å². The summed E-state index contributed by atoms with van der Waals surface area (Å²) in [6, 6.07) is 0. The summed E-state index contributed by atoms with van der Waals surface area (Å²) in [5.41, 5.74) is 1.13. The van der Waals surface area contributed by atoms with Crippen LogP contribution in [0, 0.1) is 30.6 Å². The van der Waals surface area contributed by atoms with Crippen LogP contribution in [0.1, 0.15) is 91.4 Å². The molecular formula is C33H44N2O7. The van der Waals surface area contributed by atoms with Crippen LogP contribution in [0.25, 0.3) is 0 Å². The third kappa shape index (κ3) is 3.32. The first-order valence-corrected chi connectivity index (χ1v) is 15.5. The fourth-order valence-electron chi connectivity index (χ4n) is 10.3. The normalized spacial score (nSPS) is 43.0. The smallest absolute Gasteiger partial charge is 0.340 e. The van der Waals surface area contributed by atoms with Crippen LogP contribution in [0.4, 0.5) is 0 Å². The fraction of sp³-hybridized carbons (Fsp3) is 0.697. The minimum Gasteiger partial charge on any atom is -0.454 e. The predicted molar refractivity (Wildman–Crippen MR) is 154 cm³/mol. The van der Waals surface area contributed by atoms with E-state index >= 15 is 0 Å². The highest BCUT2D eigenvalue weighted by atomic mass is 16.7. The Hall–Kier alpha value is -2.30. The van der Waals surface area contributed by atoms with Crippen molar-refractivity contribution in [2.75, 3.05) is 26.7 Å². The van der Waals surface area contributed by atoms with E-state index in [-0.39, 0.29) is 17.1 Å². The van der Waals surface area contributed by atoms with Gasteiger partial charge in [0.1, 0.15) is 17.3 Å². The molecule has 3 aliphatic heterocycles. The summed E-state index contributed by atoms with van der Waals surface area (Å²) in [6.07, 6.45) is 6.66. The summed E-state index contributed by atoms with van der Waals surface area (Å²) in [7, 11) is 2.07.